The number of esters is 1. The number of halogens is 1. The van der Waals surface area contributed by atoms with Crippen LogP contribution in [-0.4, -0.2) is 31.3 Å². The highest BCUT2D eigenvalue weighted by Crippen LogP contribution is 2.27. The van der Waals surface area contributed by atoms with Crippen LogP contribution in [0.2, 0.25) is 5.02 Å². The summed E-state index contributed by atoms with van der Waals surface area (Å²) < 4.78 is 10.3. The first-order valence-electron chi connectivity index (χ1n) is 7.44. The summed E-state index contributed by atoms with van der Waals surface area (Å²) in [4.78, 5) is 25.3. The zero-order valence-corrected chi connectivity index (χ0v) is 15.6. The molecule has 0 fully saturated rings. The van der Waals surface area contributed by atoms with Crippen LogP contribution in [-0.2, 0) is 9.53 Å². The van der Waals surface area contributed by atoms with E-state index in [9.17, 15) is 9.59 Å². The molecule has 2 aromatic rings. The molecule has 132 valence electrons. The topological polar surface area (TPSA) is 64.6 Å². The summed E-state index contributed by atoms with van der Waals surface area (Å²) in [5, 5.41) is 3.02. The van der Waals surface area contributed by atoms with Crippen molar-refractivity contribution in [2.45, 2.75) is 17.9 Å². The number of methoxy groups -OCH3 is 1. The quantitative estimate of drug-likeness (QED) is 0.600. The van der Waals surface area contributed by atoms with Crippen LogP contribution >= 0.6 is 23.4 Å². The van der Waals surface area contributed by atoms with Crippen molar-refractivity contribution in [1.29, 1.82) is 0 Å². The van der Waals surface area contributed by atoms with E-state index in [1.54, 1.807) is 42.1 Å². The van der Waals surface area contributed by atoms with Crippen LogP contribution in [0.5, 0.6) is 5.75 Å². The van der Waals surface area contributed by atoms with Gasteiger partial charge < -0.3 is 14.8 Å². The number of amides is 1. The van der Waals surface area contributed by atoms with Crippen LogP contribution in [0.15, 0.2) is 47.4 Å². The number of carbonyl (C=O) groups excluding carboxylic acids is 2. The van der Waals surface area contributed by atoms with E-state index in [2.05, 4.69) is 5.32 Å². The largest absolute Gasteiger partial charge is 0.495 e. The SMILES string of the molecule is COc1ccc(NC(=O)[C@H](C)OC(=O)c2ccc(SC)cc2)cc1Cl. The molecule has 25 heavy (non-hydrogen) atoms. The van der Waals surface area contributed by atoms with Gasteiger partial charge in [-0.2, -0.15) is 0 Å². The van der Waals surface area contributed by atoms with Crippen molar-refractivity contribution in [3.05, 3.63) is 53.1 Å². The second kappa shape index (κ2) is 8.78. The fraction of sp³-hybridized carbons (Fsp3) is 0.222. The molecule has 0 unspecified atom stereocenters. The third-order valence-corrected chi connectivity index (χ3v) is 4.44. The summed E-state index contributed by atoms with van der Waals surface area (Å²) in [6.07, 6.45) is 0.999. The molecule has 0 aliphatic carbocycles. The molecule has 1 atom stereocenters. The number of carbonyl (C=O) groups is 2. The molecule has 0 bridgehead atoms. The Bertz CT molecular complexity index is 764. The summed E-state index contributed by atoms with van der Waals surface area (Å²) in [5.41, 5.74) is 0.882. The van der Waals surface area contributed by atoms with Crippen LogP contribution in [0.1, 0.15) is 17.3 Å². The van der Waals surface area contributed by atoms with Gasteiger partial charge in [-0.05, 0) is 55.6 Å². The molecule has 0 saturated carbocycles. The van der Waals surface area contributed by atoms with Gasteiger partial charge in [0.05, 0.1) is 17.7 Å². The fourth-order valence-electron chi connectivity index (χ4n) is 2.00. The molecule has 7 heteroatoms. The lowest BCUT2D eigenvalue weighted by atomic mass is 10.2. The minimum Gasteiger partial charge on any atom is -0.495 e. The molecule has 5 nitrogen and oxygen atoms in total. The van der Waals surface area contributed by atoms with Gasteiger partial charge in [0.1, 0.15) is 5.75 Å². The van der Waals surface area contributed by atoms with Gasteiger partial charge in [0.25, 0.3) is 5.91 Å². The van der Waals surface area contributed by atoms with Crippen molar-refractivity contribution in [3.8, 4) is 5.75 Å². The van der Waals surface area contributed by atoms with E-state index in [-0.39, 0.29) is 0 Å². The van der Waals surface area contributed by atoms with Crippen molar-refractivity contribution in [2.24, 2.45) is 0 Å². The van der Waals surface area contributed by atoms with Crippen LogP contribution < -0.4 is 10.1 Å². The first kappa shape index (κ1) is 19.1. The van der Waals surface area contributed by atoms with Crippen LogP contribution in [0, 0.1) is 0 Å². The Morgan fingerprint density at radius 1 is 1.16 bits per heavy atom. The maximum Gasteiger partial charge on any atom is 0.338 e. The molecule has 0 spiro atoms. The van der Waals surface area contributed by atoms with E-state index < -0.39 is 18.0 Å². The van der Waals surface area contributed by atoms with Gasteiger partial charge in [-0.3, -0.25) is 4.79 Å². The Kier molecular flexibility index (Phi) is 6.73. The molecule has 0 aromatic heterocycles. The third-order valence-electron chi connectivity index (χ3n) is 3.40. The Labute approximate surface area is 155 Å². The Morgan fingerprint density at radius 3 is 2.40 bits per heavy atom. The first-order chi connectivity index (χ1) is 11.9. The van der Waals surface area contributed by atoms with Gasteiger partial charge in [0.15, 0.2) is 6.10 Å². The molecule has 1 N–H and O–H groups in total. The van der Waals surface area contributed by atoms with Crippen LogP contribution in [0.25, 0.3) is 0 Å². The van der Waals surface area contributed by atoms with Crippen molar-refractivity contribution in [1.82, 2.24) is 0 Å². The summed E-state index contributed by atoms with van der Waals surface area (Å²) >= 11 is 7.60. The predicted octanol–water partition coefficient (Wildman–Crippen LogP) is 4.25. The minimum atomic E-state index is -0.950. The van der Waals surface area contributed by atoms with Crippen molar-refractivity contribution in [3.63, 3.8) is 0 Å². The summed E-state index contributed by atoms with van der Waals surface area (Å²) in [6, 6.07) is 11.8. The number of nitrogens with one attached hydrogen (secondary N) is 1. The second-order valence-electron chi connectivity index (χ2n) is 5.11. The molecule has 0 heterocycles. The molecular weight excluding hydrogens is 362 g/mol. The summed E-state index contributed by atoms with van der Waals surface area (Å²) in [6.45, 7) is 1.51. The molecular formula is C18H18ClNO4S. The zero-order chi connectivity index (χ0) is 18.4. The lowest BCUT2D eigenvalue weighted by Crippen LogP contribution is -2.30. The Balaban J connectivity index is 1.97. The van der Waals surface area contributed by atoms with Gasteiger partial charge in [-0.15, -0.1) is 11.8 Å². The fourth-order valence-corrected chi connectivity index (χ4v) is 2.66. The Hall–Kier alpha value is -2.18. The average molecular weight is 380 g/mol. The highest BCUT2D eigenvalue weighted by atomic mass is 35.5. The summed E-state index contributed by atoms with van der Waals surface area (Å²) in [5.74, 6) is -0.494. The lowest BCUT2D eigenvalue weighted by molar-refractivity contribution is -0.123. The van der Waals surface area contributed by atoms with E-state index in [4.69, 9.17) is 21.1 Å². The molecule has 1 amide bonds. The second-order valence-corrected chi connectivity index (χ2v) is 6.40. The molecule has 0 aliphatic rings. The molecule has 0 aliphatic heterocycles. The molecule has 0 radical (unpaired) electrons. The zero-order valence-electron chi connectivity index (χ0n) is 14.0. The number of rotatable bonds is 6. The lowest BCUT2D eigenvalue weighted by Gasteiger charge is -2.14. The molecule has 0 saturated heterocycles. The smallest absolute Gasteiger partial charge is 0.338 e. The van der Waals surface area contributed by atoms with Crippen LogP contribution in [0.3, 0.4) is 0 Å². The number of benzene rings is 2. The van der Waals surface area contributed by atoms with E-state index in [0.29, 0.717) is 22.0 Å². The van der Waals surface area contributed by atoms with Gasteiger partial charge in [-0.25, -0.2) is 4.79 Å². The average Bonchev–Trinajstić information content (AvgIpc) is 2.61. The van der Waals surface area contributed by atoms with Crippen molar-refractivity contribution >= 4 is 40.9 Å². The Morgan fingerprint density at radius 2 is 1.84 bits per heavy atom. The predicted molar refractivity (Wildman–Crippen MR) is 99.7 cm³/mol. The van der Waals surface area contributed by atoms with E-state index in [0.717, 1.165) is 4.90 Å². The van der Waals surface area contributed by atoms with Crippen molar-refractivity contribution < 1.29 is 19.1 Å². The molecule has 2 aromatic carbocycles. The first-order valence-corrected chi connectivity index (χ1v) is 9.04. The standard InChI is InChI=1S/C18H18ClNO4S/c1-11(24-18(22)12-4-7-14(25-3)8-5-12)17(21)20-13-6-9-16(23-2)15(19)10-13/h4-11H,1-3H3,(H,20,21)/t11-/m0/s1. The number of thioether (sulfide) groups is 1. The van der Waals surface area contributed by atoms with E-state index >= 15 is 0 Å². The highest BCUT2D eigenvalue weighted by molar-refractivity contribution is 7.98. The maximum absolute atomic E-state index is 12.2. The van der Waals surface area contributed by atoms with Gasteiger partial charge >= 0.3 is 5.97 Å². The van der Waals surface area contributed by atoms with E-state index in [1.165, 1.54) is 14.0 Å². The van der Waals surface area contributed by atoms with Gasteiger partial charge in [0, 0.05) is 10.6 Å². The maximum atomic E-state index is 12.2. The normalized spacial score (nSPS) is 11.5. The number of hydrogen-bond donors (Lipinski definition) is 1. The highest BCUT2D eigenvalue weighted by Gasteiger charge is 2.19. The van der Waals surface area contributed by atoms with Gasteiger partial charge in [0.2, 0.25) is 0 Å². The van der Waals surface area contributed by atoms with E-state index in [1.807, 2.05) is 18.4 Å². The van der Waals surface area contributed by atoms with Gasteiger partial charge in [-0.1, -0.05) is 11.6 Å². The number of anilines is 1. The van der Waals surface area contributed by atoms with Crippen LogP contribution in [0.4, 0.5) is 5.69 Å². The summed E-state index contributed by atoms with van der Waals surface area (Å²) in [7, 11) is 1.51. The molecule has 2 rings (SSSR count). The monoisotopic (exact) mass is 379 g/mol. The number of hydrogen-bond acceptors (Lipinski definition) is 5. The number of ether oxygens (including phenoxy) is 2. The minimum absolute atomic E-state index is 0.374. The van der Waals surface area contributed by atoms with Crippen molar-refractivity contribution in [2.75, 3.05) is 18.7 Å². The third kappa shape index (κ3) is 5.14.